The highest BCUT2D eigenvalue weighted by molar-refractivity contribution is 6.09. The maximum absolute atomic E-state index is 12.8. The molecular formula is C32H44N6O3. The molecule has 0 radical (unpaired) electrons. The Bertz CT molecular complexity index is 1330. The number of rotatable bonds is 12. The Morgan fingerprint density at radius 2 is 1.24 bits per heavy atom. The average molecular weight is 561 g/mol. The summed E-state index contributed by atoms with van der Waals surface area (Å²) < 4.78 is 5.27. The number of nitrogens with zero attached hydrogens (tertiary/aromatic N) is 3. The first-order chi connectivity index (χ1) is 20.1. The molecule has 2 saturated heterocycles. The van der Waals surface area contributed by atoms with Crippen LogP contribution in [0.5, 0.6) is 0 Å². The number of anilines is 3. The number of amides is 2. The van der Waals surface area contributed by atoms with Gasteiger partial charge in [0.05, 0.1) is 23.3 Å². The van der Waals surface area contributed by atoms with Gasteiger partial charge < -0.3 is 30.5 Å². The van der Waals surface area contributed by atoms with Crippen molar-refractivity contribution >= 4 is 50.7 Å². The summed E-state index contributed by atoms with van der Waals surface area (Å²) in [7, 11) is 1.69. The van der Waals surface area contributed by atoms with Crippen molar-refractivity contribution in [3.63, 3.8) is 0 Å². The summed E-state index contributed by atoms with van der Waals surface area (Å²) in [5, 5.41) is 11.6. The summed E-state index contributed by atoms with van der Waals surface area (Å²) in [5.74, 6) is 0.0346. The van der Waals surface area contributed by atoms with E-state index in [0.717, 1.165) is 78.1 Å². The number of aromatic nitrogens is 1. The molecule has 0 bridgehead atoms. The number of nitrogens with one attached hydrogen (secondary N) is 3. The Morgan fingerprint density at radius 1 is 0.756 bits per heavy atom. The van der Waals surface area contributed by atoms with E-state index in [9.17, 15) is 9.59 Å². The van der Waals surface area contributed by atoms with Crippen LogP contribution in [-0.2, 0) is 14.3 Å². The molecule has 0 spiro atoms. The second-order valence-corrected chi connectivity index (χ2v) is 11.3. The van der Waals surface area contributed by atoms with Gasteiger partial charge in [0.2, 0.25) is 11.8 Å². The third kappa shape index (κ3) is 8.15. The van der Waals surface area contributed by atoms with Gasteiger partial charge in [-0.05, 0) is 88.3 Å². The molecule has 3 N–H and O–H groups in total. The van der Waals surface area contributed by atoms with Crippen molar-refractivity contribution in [1.82, 2.24) is 14.8 Å². The van der Waals surface area contributed by atoms with Crippen molar-refractivity contribution in [3.05, 3.63) is 36.4 Å². The molecule has 2 amide bonds. The van der Waals surface area contributed by atoms with Crippen LogP contribution in [0.1, 0.15) is 51.4 Å². The number of carbonyl (C=O) groups is 2. The molecule has 9 nitrogen and oxygen atoms in total. The van der Waals surface area contributed by atoms with E-state index in [2.05, 4.69) is 25.8 Å². The number of likely N-dealkylation sites (tertiary alicyclic amines) is 2. The van der Waals surface area contributed by atoms with E-state index < -0.39 is 0 Å². The number of carbonyl (C=O) groups excluding carboxylic acids is 2. The van der Waals surface area contributed by atoms with Crippen molar-refractivity contribution < 1.29 is 14.3 Å². The lowest BCUT2D eigenvalue weighted by Gasteiger charge is -2.19. The number of benzene rings is 2. The maximum Gasteiger partial charge on any atom is 0.225 e. The van der Waals surface area contributed by atoms with Crippen LogP contribution in [0.3, 0.4) is 0 Å². The number of fused-ring (bicyclic) bond motifs is 2. The molecule has 3 heterocycles. The van der Waals surface area contributed by atoms with E-state index in [-0.39, 0.29) is 11.8 Å². The van der Waals surface area contributed by atoms with E-state index in [0.29, 0.717) is 26.0 Å². The van der Waals surface area contributed by atoms with Crippen molar-refractivity contribution in [2.75, 3.05) is 75.5 Å². The monoisotopic (exact) mass is 560 g/mol. The molecule has 9 heteroatoms. The van der Waals surface area contributed by atoms with Crippen molar-refractivity contribution in [1.29, 1.82) is 0 Å². The Labute approximate surface area is 243 Å². The lowest BCUT2D eigenvalue weighted by Crippen LogP contribution is -2.28. The topological polar surface area (TPSA) is 98.8 Å². The molecule has 0 aliphatic carbocycles. The van der Waals surface area contributed by atoms with Crippen LogP contribution in [0.4, 0.5) is 17.1 Å². The lowest BCUT2D eigenvalue weighted by molar-refractivity contribution is -0.117. The minimum atomic E-state index is 0.0145. The molecule has 0 unspecified atom stereocenters. The highest BCUT2D eigenvalue weighted by Crippen LogP contribution is 2.33. The molecule has 3 aromatic rings. The Balaban J connectivity index is 1.32. The summed E-state index contributed by atoms with van der Waals surface area (Å²) >= 11 is 0. The molecule has 0 saturated carbocycles. The Morgan fingerprint density at radius 3 is 1.73 bits per heavy atom. The summed E-state index contributed by atoms with van der Waals surface area (Å²) in [6.45, 7) is 7.14. The summed E-state index contributed by atoms with van der Waals surface area (Å²) in [5.41, 5.74) is 3.99. The first kappa shape index (κ1) is 29.2. The molecule has 2 aliphatic heterocycles. The van der Waals surface area contributed by atoms with Gasteiger partial charge in [-0.1, -0.05) is 12.8 Å². The van der Waals surface area contributed by atoms with Crippen LogP contribution >= 0.6 is 0 Å². The fraction of sp³-hybridized carbons (Fsp3) is 0.531. The van der Waals surface area contributed by atoms with Gasteiger partial charge in [-0.3, -0.25) is 9.59 Å². The molecule has 0 atom stereocenters. The fourth-order valence-corrected chi connectivity index (χ4v) is 5.90. The summed E-state index contributed by atoms with van der Waals surface area (Å²) in [6.07, 6.45) is 8.41. The van der Waals surface area contributed by atoms with Gasteiger partial charge in [-0.15, -0.1) is 0 Å². The van der Waals surface area contributed by atoms with Gasteiger partial charge in [0.15, 0.2) is 0 Å². The van der Waals surface area contributed by atoms with E-state index in [1.54, 1.807) is 7.11 Å². The molecule has 5 rings (SSSR count). The zero-order chi connectivity index (χ0) is 28.4. The smallest absolute Gasteiger partial charge is 0.225 e. The maximum atomic E-state index is 12.8. The van der Waals surface area contributed by atoms with Gasteiger partial charge >= 0.3 is 0 Å². The number of methoxy groups -OCH3 is 1. The number of hydrogen-bond donors (Lipinski definition) is 3. The predicted octanol–water partition coefficient (Wildman–Crippen LogP) is 5.08. The van der Waals surface area contributed by atoms with Crippen molar-refractivity contribution in [2.45, 2.75) is 51.4 Å². The first-order valence-electron chi connectivity index (χ1n) is 15.2. The highest BCUT2D eigenvalue weighted by atomic mass is 16.5. The highest BCUT2D eigenvalue weighted by Gasteiger charge is 2.15. The normalized spacial score (nSPS) is 16.6. The fourth-order valence-electron chi connectivity index (χ4n) is 5.90. The van der Waals surface area contributed by atoms with E-state index in [1.807, 2.05) is 36.4 Å². The van der Waals surface area contributed by atoms with Crippen molar-refractivity contribution in [3.8, 4) is 0 Å². The van der Waals surface area contributed by atoms with E-state index in [4.69, 9.17) is 9.72 Å². The zero-order valence-corrected chi connectivity index (χ0v) is 24.3. The van der Waals surface area contributed by atoms with Gasteiger partial charge in [-0.25, -0.2) is 4.98 Å². The Hall–Kier alpha value is -3.27. The summed E-state index contributed by atoms with van der Waals surface area (Å²) in [4.78, 5) is 35.1. The molecule has 2 aliphatic rings. The number of hydrogen-bond acceptors (Lipinski definition) is 7. The molecule has 2 aromatic carbocycles. The quantitative estimate of drug-likeness (QED) is 0.210. The van der Waals surface area contributed by atoms with Crippen LogP contribution in [0.25, 0.3) is 21.8 Å². The van der Waals surface area contributed by atoms with E-state index >= 15 is 0 Å². The van der Waals surface area contributed by atoms with Crippen LogP contribution in [0.2, 0.25) is 0 Å². The molecule has 1 aromatic heterocycles. The second-order valence-electron chi connectivity index (χ2n) is 11.3. The predicted molar refractivity (Wildman–Crippen MR) is 167 cm³/mol. The van der Waals surface area contributed by atoms with Crippen LogP contribution < -0.4 is 16.0 Å². The third-order valence-electron chi connectivity index (χ3n) is 8.16. The average Bonchev–Trinajstić information content (AvgIpc) is 3.36. The molecule has 41 heavy (non-hydrogen) atoms. The van der Waals surface area contributed by atoms with Crippen LogP contribution in [0, 0.1) is 0 Å². The Kier molecular flexibility index (Phi) is 10.4. The third-order valence-corrected chi connectivity index (χ3v) is 8.16. The van der Waals surface area contributed by atoms with E-state index in [1.165, 1.54) is 38.5 Å². The van der Waals surface area contributed by atoms with Crippen LogP contribution in [-0.4, -0.2) is 86.1 Å². The minimum absolute atomic E-state index is 0.0145. The second kappa shape index (κ2) is 14.6. The first-order valence-corrected chi connectivity index (χ1v) is 15.2. The van der Waals surface area contributed by atoms with Gasteiger partial charge in [-0.2, -0.15) is 0 Å². The van der Waals surface area contributed by atoms with Crippen LogP contribution in [0.15, 0.2) is 36.4 Å². The molecule has 2 fully saturated rings. The van der Waals surface area contributed by atoms with Gasteiger partial charge in [0.25, 0.3) is 0 Å². The number of ether oxygens (including phenoxy) is 1. The number of pyridine rings is 1. The van der Waals surface area contributed by atoms with Gasteiger partial charge in [0, 0.05) is 61.7 Å². The van der Waals surface area contributed by atoms with Gasteiger partial charge in [0.1, 0.15) is 0 Å². The summed E-state index contributed by atoms with van der Waals surface area (Å²) in [6, 6.07) is 11.7. The molecule has 220 valence electrons. The standard InChI is InChI=1S/C32H44N6O3/c1-41-21-14-33-32-26-10-8-24(34-30(39)12-19-37-15-4-2-3-5-16-37)22-28(26)36-29-23-25(9-11-27(29)32)35-31(40)13-20-38-17-6-7-18-38/h8-11,22-23H,2-7,12-21H2,1H3,(H,33,36)(H,34,39)(H,35,40). The SMILES string of the molecule is COCCNc1c2ccc(NC(=O)CCN3CCCCCC3)cc2nc2cc(NC(=O)CCN3CCCC3)ccc12. The lowest BCUT2D eigenvalue weighted by atomic mass is 10.1. The largest absolute Gasteiger partial charge is 0.383 e. The zero-order valence-electron chi connectivity index (χ0n) is 24.3. The minimum Gasteiger partial charge on any atom is -0.383 e. The molecular weight excluding hydrogens is 516 g/mol. The van der Waals surface area contributed by atoms with Crippen molar-refractivity contribution in [2.24, 2.45) is 0 Å².